The lowest BCUT2D eigenvalue weighted by Crippen LogP contribution is -2.01. The minimum absolute atomic E-state index is 0.121. The van der Waals surface area contributed by atoms with Crippen molar-refractivity contribution in [2.45, 2.75) is 6.61 Å². The number of nitrogens with zero attached hydrogens (tertiary/aromatic N) is 2. The predicted octanol–water partition coefficient (Wildman–Crippen LogP) is 3.74. The highest BCUT2D eigenvalue weighted by molar-refractivity contribution is 5.94. The third-order valence-electron chi connectivity index (χ3n) is 3.75. The number of hydrogen-bond acceptors (Lipinski definition) is 6. The van der Waals surface area contributed by atoms with Crippen LogP contribution in [0.25, 0.3) is 10.9 Å². The molecule has 0 radical (unpaired) electrons. The molecule has 0 amide bonds. The number of nitro benzene ring substituents is 1. The first-order chi connectivity index (χ1) is 12.1. The zero-order valence-corrected chi connectivity index (χ0v) is 13.8. The fraction of sp³-hybridized carbons (Fsp3) is 0.167. The lowest BCUT2D eigenvalue weighted by Gasteiger charge is -2.13. The van der Waals surface area contributed by atoms with Crippen molar-refractivity contribution in [2.75, 3.05) is 14.2 Å². The van der Waals surface area contributed by atoms with E-state index in [1.165, 1.54) is 19.4 Å². The first kappa shape index (κ1) is 16.5. The van der Waals surface area contributed by atoms with Crippen LogP contribution < -0.4 is 14.2 Å². The third-order valence-corrected chi connectivity index (χ3v) is 3.75. The molecule has 7 nitrogen and oxygen atoms in total. The van der Waals surface area contributed by atoms with E-state index in [4.69, 9.17) is 14.2 Å². The Morgan fingerprint density at radius 3 is 2.52 bits per heavy atom. The Morgan fingerprint density at radius 1 is 1.12 bits per heavy atom. The van der Waals surface area contributed by atoms with Crippen molar-refractivity contribution in [3.8, 4) is 17.2 Å². The van der Waals surface area contributed by atoms with Gasteiger partial charge in [0.05, 0.1) is 30.6 Å². The first-order valence-electron chi connectivity index (χ1n) is 7.50. The summed E-state index contributed by atoms with van der Waals surface area (Å²) in [5, 5.41) is 11.8. The summed E-state index contributed by atoms with van der Waals surface area (Å²) in [5.74, 6) is 1.47. The summed E-state index contributed by atoms with van der Waals surface area (Å²) >= 11 is 0. The Balaban J connectivity index is 1.99. The van der Waals surface area contributed by atoms with E-state index in [-0.39, 0.29) is 17.8 Å². The van der Waals surface area contributed by atoms with Crippen LogP contribution in [0.2, 0.25) is 0 Å². The van der Waals surface area contributed by atoms with Crippen molar-refractivity contribution in [3.63, 3.8) is 0 Å². The molecule has 7 heteroatoms. The number of methoxy groups -OCH3 is 2. The SMILES string of the molecule is COc1ccc(COc2c(OC)cc([N+](=O)[O-])c3ncccc23)cc1. The molecule has 0 saturated carbocycles. The molecule has 3 rings (SSSR count). The Hall–Kier alpha value is -3.35. The van der Waals surface area contributed by atoms with Crippen LogP contribution in [0, 0.1) is 10.1 Å². The largest absolute Gasteiger partial charge is 0.497 e. The van der Waals surface area contributed by atoms with Gasteiger partial charge in [-0.25, -0.2) is 4.98 Å². The van der Waals surface area contributed by atoms with E-state index in [1.54, 1.807) is 19.2 Å². The second kappa shape index (κ2) is 7.04. The Labute approximate surface area is 143 Å². The zero-order valence-electron chi connectivity index (χ0n) is 13.8. The molecule has 0 aliphatic rings. The molecule has 0 bridgehead atoms. The van der Waals surface area contributed by atoms with E-state index in [2.05, 4.69) is 4.98 Å². The zero-order chi connectivity index (χ0) is 17.8. The van der Waals surface area contributed by atoms with Crippen molar-refractivity contribution >= 4 is 16.6 Å². The summed E-state index contributed by atoms with van der Waals surface area (Å²) < 4.78 is 16.3. The fourth-order valence-electron chi connectivity index (χ4n) is 2.50. The molecule has 0 fully saturated rings. The molecule has 128 valence electrons. The van der Waals surface area contributed by atoms with Gasteiger partial charge in [-0.3, -0.25) is 10.1 Å². The van der Waals surface area contributed by atoms with Crippen LogP contribution >= 0.6 is 0 Å². The standard InChI is InChI=1S/C18H16N2O5/c1-23-13-7-5-12(6-8-13)11-25-18-14-4-3-9-19-17(14)15(20(21)22)10-16(18)24-2/h3-10H,11H2,1-2H3. The maximum atomic E-state index is 11.3. The quantitative estimate of drug-likeness (QED) is 0.502. The molecule has 0 unspecified atom stereocenters. The molecule has 0 spiro atoms. The van der Waals surface area contributed by atoms with Crippen molar-refractivity contribution in [1.29, 1.82) is 0 Å². The molecule has 2 aromatic carbocycles. The Morgan fingerprint density at radius 2 is 1.88 bits per heavy atom. The molecule has 25 heavy (non-hydrogen) atoms. The maximum Gasteiger partial charge on any atom is 0.299 e. The van der Waals surface area contributed by atoms with Crippen LogP contribution in [-0.4, -0.2) is 24.1 Å². The summed E-state index contributed by atoms with van der Waals surface area (Å²) in [6, 6.07) is 12.2. The van der Waals surface area contributed by atoms with E-state index in [9.17, 15) is 10.1 Å². The Bertz CT molecular complexity index is 909. The molecule has 0 saturated heterocycles. The lowest BCUT2D eigenvalue weighted by atomic mass is 10.1. The van der Waals surface area contributed by atoms with Gasteiger partial charge in [0.2, 0.25) is 0 Å². The van der Waals surface area contributed by atoms with Gasteiger partial charge in [-0.05, 0) is 29.8 Å². The Kier molecular flexibility index (Phi) is 4.65. The van der Waals surface area contributed by atoms with Crippen molar-refractivity contribution in [2.24, 2.45) is 0 Å². The number of pyridine rings is 1. The smallest absolute Gasteiger partial charge is 0.299 e. The summed E-state index contributed by atoms with van der Waals surface area (Å²) in [4.78, 5) is 14.9. The highest BCUT2D eigenvalue weighted by atomic mass is 16.6. The predicted molar refractivity (Wildman–Crippen MR) is 92.3 cm³/mol. The monoisotopic (exact) mass is 340 g/mol. The molecule has 0 aliphatic heterocycles. The number of fused-ring (bicyclic) bond motifs is 1. The van der Waals surface area contributed by atoms with Gasteiger partial charge in [0, 0.05) is 6.20 Å². The highest BCUT2D eigenvalue weighted by Crippen LogP contribution is 2.40. The van der Waals surface area contributed by atoms with Gasteiger partial charge >= 0.3 is 0 Å². The maximum absolute atomic E-state index is 11.3. The molecular weight excluding hydrogens is 324 g/mol. The second-order valence-electron chi connectivity index (χ2n) is 5.22. The van der Waals surface area contributed by atoms with Crippen LogP contribution in [-0.2, 0) is 6.61 Å². The summed E-state index contributed by atoms with van der Waals surface area (Å²) in [6.45, 7) is 0.280. The second-order valence-corrected chi connectivity index (χ2v) is 5.22. The summed E-state index contributed by atoms with van der Waals surface area (Å²) in [5.41, 5.74) is 1.07. The van der Waals surface area contributed by atoms with Gasteiger partial charge in [-0.1, -0.05) is 12.1 Å². The van der Waals surface area contributed by atoms with Gasteiger partial charge < -0.3 is 14.2 Å². The molecule has 0 atom stereocenters. The number of aromatic nitrogens is 1. The fourth-order valence-corrected chi connectivity index (χ4v) is 2.50. The van der Waals surface area contributed by atoms with E-state index < -0.39 is 4.92 Å². The number of rotatable bonds is 6. The molecule has 1 heterocycles. The van der Waals surface area contributed by atoms with Crippen molar-refractivity contribution < 1.29 is 19.1 Å². The number of hydrogen-bond donors (Lipinski definition) is 0. The van der Waals surface area contributed by atoms with Crippen LogP contribution in [0.5, 0.6) is 17.2 Å². The van der Waals surface area contributed by atoms with E-state index in [0.717, 1.165) is 11.3 Å². The molecular formula is C18H16N2O5. The van der Waals surface area contributed by atoms with E-state index in [0.29, 0.717) is 16.9 Å². The number of nitro groups is 1. The molecule has 3 aromatic rings. The van der Waals surface area contributed by atoms with Gasteiger partial charge in [-0.15, -0.1) is 0 Å². The number of ether oxygens (including phenoxy) is 3. The van der Waals surface area contributed by atoms with Crippen molar-refractivity contribution in [3.05, 3.63) is 64.3 Å². The minimum Gasteiger partial charge on any atom is -0.497 e. The summed E-state index contributed by atoms with van der Waals surface area (Å²) in [6.07, 6.45) is 1.51. The van der Waals surface area contributed by atoms with Crippen LogP contribution in [0.3, 0.4) is 0 Å². The lowest BCUT2D eigenvalue weighted by molar-refractivity contribution is -0.383. The highest BCUT2D eigenvalue weighted by Gasteiger charge is 2.21. The number of non-ortho nitro benzene ring substituents is 1. The normalized spacial score (nSPS) is 10.5. The molecule has 0 aliphatic carbocycles. The van der Waals surface area contributed by atoms with Gasteiger partial charge in [-0.2, -0.15) is 0 Å². The van der Waals surface area contributed by atoms with E-state index in [1.807, 2.05) is 24.3 Å². The van der Waals surface area contributed by atoms with Gasteiger partial charge in [0.1, 0.15) is 12.4 Å². The van der Waals surface area contributed by atoms with Crippen LogP contribution in [0.1, 0.15) is 5.56 Å². The summed E-state index contributed by atoms with van der Waals surface area (Å²) in [7, 11) is 3.05. The van der Waals surface area contributed by atoms with Gasteiger partial charge in [0.15, 0.2) is 17.0 Å². The molecule has 0 N–H and O–H groups in total. The van der Waals surface area contributed by atoms with Gasteiger partial charge in [0.25, 0.3) is 5.69 Å². The third kappa shape index (κ3) is 3.30. The topological polar surface area (TPSA) is 83.7 Å². The van der Waals surface area contributed by atoms with Crippen LogP contribution in [0.15, 0.2) is 48.7 Å². The average Bonchev–Trinajstić information content (AvgIpc) is 2.65. The van der Waals surface area contributed by atoms with Crippen molar-refractivity contribution in [1.82, 2.24) is 4.98 Å². The van der Waals surface area contributed by atoms with E-state index >= 15 is 0 Å². The minimum atomic E-state index is -0.481. The average molecular weight is 340 g/mol. The first-order valence-corrected chi connectivity index (χ1v) is 7.50. The molecule has 1 aromatic heterocycles. The number of benzene rings is 2. The van der Waals surface area contributed by atoms with Crippen LogP contribution in [0.4, 0.5) is 5.69 Å².